The van der Waals surface area contributed by atoms with Crippen LogP contribution in [-0.4, -0.2) is 37.1 Å². The Hall–Kier alpha value is -1.43. The van der Waals surface area contributed by atoms with Gasteiger partial charge in [-0.3, -0.25) is 9.69 Å². The van der Waals surface area contributed by atoms with Gasteiger partial charge < -0.3 is 14.8 Å². The lowest BCUT2D eigenvalue weighted by Crippen LogP contribution is -2.43. The molecule has 1 aromatic rings. The number of rotatable bonds is 2. The summed E-state index contributed by atoms with van der Waals surface area (Å²) >= 11 is 0. The van der Waals surface area contributed by atoms with E-state index < -0.39 is 5.79 Å². The summed E-state index contributed by atoms with van der Waals surface area (Å²) in [5.41, 5.74) is 2.85. The van der Waals surface area contributed by atoms with Crippen LogP contribution in [0.25, 0.3) is 0 Å². The molecule has 0 aliphatic carbocycles. The van der Waals surface area contributed by atoms with Crippen molar-refractivity contribution in [1.29, 1.82) is 0 Å². The van der Waals surface area contributed by atoms with Crippen LogP contribution in [0, 0.1) is 0 Å². The van der Waals surface area contributed by atoms with Crippen LogP contribution in [0.2, 0.25) is 0 Å². The van der Waals surface area contributed by atoms with E-state index in [2.05, 4.69) is 22.3 Å². The molecule has 0 aromatic heterocycles. The Morgan fingerprint density at radius 2 is 2.00 bits per heavy atom. The van der Waals surface area contributed by atoms with Gasteiger partial charge in [-0.2, -0.15) is 0 Å². The van der Waals surface area contributed by atoms with Crippen LogP contribution in [0.5, 0.6) is 0 Å². The highest BCUT2D eigenvalue weighted by molar-refractivity contribution is 6.04. The maximum Gasteiger partial charge on any atom is 0.289 e. The SMILES string of the molecule is O=C1Nc2ccc(CN3CCC3)cc2C12OCCCO2. The minimum atomic E-state index is -1.21. The van der Waals surface area contributed by atoms with Crippen molar-refractivity contribution in [2.75, 3.05) is 31.6 Å². The van der Waals surface area contributed by atoms with Crippen molar-refractivity contribution in [1.82, 2.24) is 4.90 Å². The van der Waals surface area contributed by atoms with Crippen molar-refractivity contribution < 1.29 is 14.3 Å². The van der Waals surface area contributed by atoms with E-state index in [1.54, 1.807) is 0 Å². The first kappa shape index (κ1) is 12.3. The van der Waals surface area contributed by atoms with Crippen LogP contribution >= 0.6 is 0 Å². The van der Waals surface area contributed by atoms with Crippen LogP contribution in [0.3, 0.4) is 0 Å². The number of carbonyl (C=O) groups is 1. The van der Waals surface area contributed by atoms with E-state index in [-0.39, 0.29) is 5.91 Å². The molecule has 0 radical (unpaired) electrons. The van der Waals surface area contributed by atoms with Gasteiger partial charge in [0.1, 0.15) is 0 Å². The van der Waals surface area contributed by atoms with Gasteiger partial charge in [0, 0.05) is 12.1 Å². The molecular formula is C15H18N2O3. The van der Waals surface area contributed by atoms with E-state index in [1.165, 1.54) is 12.0 Å². The molecule has 1 N–H and O–H groups in total. The minimum Gasteiger partial charge on any atom is -0.338 e. The molecule has 0 atom stereocenters. The predicted octanol–water partition coefficient (Wildman–Crippen LogP) is 1.43. The van der Waals surface area contributed by atoms with Crippen molar-refractivity contribution in [3.8, 4) is 0 Å². The molecule has 3 heterocycles. The Labute approximate surface area is 117 Å². The van der Waals surface area contributed by atoms with Gasteiger partial charge in [0.05, 0.1) is 18.9 Å². The lowest BCUT2D eigenvalue weighted by atomic mass is 10.0. The summed E-state index contributed by atoms with van der Waals surface area (Å²) in [6.07, 6.45) is 2.11. The third-order valence-electron chi connectivity index (χ3n) is 4.24. The number of hydrogen-bond acceptors (Lipinski definition) is 4. The highest BCUT2D eigenvalue weighted by atomic mass is 16.7. The maximum absolute atomic E-state index is 12.2. The summed E-state index contributed by atoms with van der Waals surface area (Å²) in [5.74, 6) is -1.41. The zero-order valence-electron chi connectivity index (χ0n) is 11.4. The number of amides is 1. The van der Waals surface area contributed by atoms with Gasteiger partial charge in [0.25, 0.3) is 11.7 Å². The molecule has 2 saturated heterocycles. The normalized spacial score (nSPS) is 24.3. The predicted molar refractivity (Wildman–Crippen MR) is 73.2 cm³/mol. The summed E-state index contributed by atoms with van der Waals surface area (Å²) in [6, 6.07) is 6.08. The van der Waals surface area contributed by atoms with E-state index >= 15 is 0 Å². The van der Waals surface area contributed by atoms with E-state index in [4.69, 9.17) is 9.47 Å². The Bertz CT molecular complexity index is 548. The highest BCUT2D eigenvalue weighted by Gasteiger charge is 2.51. The zero-order chi connectivity index (χ0) is 13.6. The first-order valence-corrected chi connectivity index (χ1v) is 7.23. The lowest BCUT2D eigenvalue weighted by Gasteiger charge is -2.33. The third-order valence-corrected chi connectivity index (χ3v) is 4.24. The molecule has 3 aliphatic rings. The average molecular weight is 274 g/mol. The van der Waals surface area contributed by atoms with Crippen molar-refractivity contribution >= 4 is 11.6 Å². The molecule has 4 rings (SSSR count). The second-order valence-electron chi connectivity index (χ2n) is 5.63. The van der Waals surface area contributed by atoms with E-state index in [1.807, 2.05) is 6.07 Å². The smallest absolute Gasteiger partial charge is 0.289 e. The number of nitrogens with one attached hydrogen (secondary N) is 1. The minimum absolute atomic E-state index is 0.201. The molecule has 2 fully saturated rings. The number of anilines is 1. The second-order valence-corrected chi connectivity index (χ2v) is 5.63. The monoisotopic (exact) mass is 274 g/mol. The fraction of sp³-hybridized carbons (Fsp3) is 0.533. The van der Waals surface area contributed by atoms with Crippen LogP contribution in [0.1, 0.15) is 24.0 Å². The van der Waals surface area contributed by atoms with E-state index in [0.717, 1.165) is 37.3 Å². The summed E-state index contributed by atoms with van der Waals surface area (Å²) in [5, 5.41) is 2.86. The van der Waals surface area contributed by atoms with Crippen molar-refractivity contribution in [3.05, 3.63) is 29.3 Å². The Kier molecular flexibility index (Phi) is 2.80. The topological polar surface area (TPSA) is 50.8 Å². The first-order chi connectivity index (χ1) is 9.78. The van der Waals surface area contributed by atoms with Crippen LogP contribution in [0.4, 0.5) is 5.69 Å². The summed E-state index contributed by atoms with van der Waals surface area (Å²) in [6.45, 7) is 4.36. The van der Waals surface area contributed by atoms with Gasteiger partial charge in [-0.25, -0.2) is 0 Å². The van der Waals surface area contributed by atoms with Gasteiger partial charge >= 0.3 is 0 Å². The molecule has 1 amide bonds. The highest BCUT2D eigenvalue weighted by Crippen LogP contribution is 2.42. The van der Waals surface area contributed by atoms with Crippen molar-refractivity contribution in [2.45, 2.75) is 25.2 Å². The third kappa shape index (κ3) is 1.78. The van der Waals surface area contributed by atoms with Gasteiger partial charge in [-0.15, -0.1) is 0 Å². The number of fused-ring (bicyclic) bond motifs is 2. The van der Waals surface area contributed by atoms with E-state index in [9.17, 15) is 4.79 Å². The average Bonchev–Trinajstić information content (AvgIpc) is 2.68. The quantitative estimate of drug-likeness (QED) is 0.886. The Morgan fingerprint density at radius 1 is 1.20 bits per heavy atom. The number of benzene rings is 1. The molecule has 0 bridgehead atoms. The molecule has 5 heteroatoms. The van der Waals surface area contributed by atoms with Crippen LogP contribution in [-0.2, 0) is 26.6 Å². The first-order valence-electron chi connectivity index (χ1n) is 7.23. The Balaban J connectivity index is 1.68. The van der Waals surface area contributed by atoms with Crippen molar-refractivity contribution in [3.63, 3.8) is 0 Å². The molecule has 5 nitrogen and oxygen atoms in total. The molecular weight excluding hydrogens is 256 g/mol. The number of hydrogen-bond donors (Lipinski definition) is 1. The second kappa shape index (κ2) is 4.55. The van der Waals surface area contributed by atoms with E-state index in [0.29, 0.717) is 13.2 Å². The zero-order valence-corrected chi connectivity index (χ0v) is 11.4. The number of ether oxygens (including phenoxy) is 2. The van der Waals surface area contributed by atoms with Gasteiger partial charge in [-0.1, -0.05) is 6.07 Å². The largest absolute Gasteiger partial charge is 0.338 e. The van der Waals surface area contributed by atoms with Crippen molar-refractivity contribution in [2.24, 2.45) is 0 Å². The standard InChI is InChI=1S/C15H18N2O3/c18-14-15(19-7-2-8-20-15)12-9-11(3-4-13(12)16-14)10-17-5-1-6-17/h3-4,9H,1-2,5-8,10H2,(H,16,18). The molecule has 1 spiro atoms. The van der Waals surface area contributed by atoms with Gasteiger partial charge in [0.2, 0.25) is 0 Å². The number of nitrogens with zero attached hydrogens (tertiary/aromatic N) is 1. The maximum atomic E-state index is 12.2. The lowest BCUT2D eigenvalue weighted by molar-refractivity contribution is -0.255. The van der Waals surface area contributed by atoms with Crippen LogP contribution in [0.15, 0.2) is 18.2 Å². The molecule has 3 aliphatic heterocycles. The molecule has 0 unspecified atom stereocenters. The Morgan fingerprint density at radius 3 is 2.70 bits per heavy atom. The van der Waals surface area contributed by atoms with Gasteiger partial charge in [-0.05, 0) is 43.6 Å². The summed E-state index contributed by atoms with van der Waals surface area (Å²) < 4.78 is 11.4. The van der Waals surface area contributed by atoms with Crippen LogP contribution < -0.4 is 5.32 Å². The number of carbonyl (C=O) groups excluding carboxylic acids is 1. The molecule has 20 heavy (non-hydrogen) atoms. The molecule has 0 saturated carbocycles. The fourth-order valence-electron chi connectivity index (χ4n) is 3.01. The molecule has 1 aromatic carbocycles. The fourth-order valence-corrected chi connectivity index (χ4v) is 3.01. The summed E-state index contributed by atoms with van der Waals surface area (Å²) in [7, 11) is 0. The van der Waals surface area contributed by atoms with Gasteiger partial charge in [0.15, 0.2) is 0 Å². The summed E-state index contributed by atoms with van der Waals surface area (Å²) in [4.78, 5) is 14.6. The number of likely N-dealkylation sites (tertiary alicyclic amines) is 1. The molecule has 106 valence electrons.